The molecule has 5 aromatic rings. The number of halogens is 1. The van der Waals surface area contributed by atoms with E-state index in [0.717, 1.165) is 22.0 Å². The van der Waals surface area contributed by atoms with Crippen LogP contribution in [-0.4, -0.2) is 26.3 Å². The molecule has 0 aliphatic rings. The minimum Gasteiger partial charge on any atom is -0.333 e. The number of hydrogen-bond acceptors (Lipinski definition) is 4. The summed E-state index contributed by atoms with van der Waals surface area (Å²) in [7, 11) is 0. The second kappa shape index (κ2) is 11.0. The highest BCUT2D eigenvalue weighted by molar-refractivity contribution is 6.34. The minimum absolute atomic E-state index is 0.280. The summed E-state index contributed by atoms with van der Waals surface area (Å²) >= 11 is 6.33. The van der Waals surface area contributed by atoms with Crippen LogP contribution in [0.3, 0.4) is 0 Å². The van der Waals surface area contributed by atoms with Crippen LogP contribution in [0.4, 0.5) is 0 Å². The Hall–Kier alpha value is -4.93. The van der Waals surface area contributed by atoms with Gasteiger partial charge in [0.25, 0.3) is 11.8 Å². The van der Waals surface area contributed by atoms with Crippen LogP contribution in [0.15, 0.2) is 91.6 Å². The Kier molecular flexibility index (Phi) is 7.16. The van der Waals surface area contributed by atoms with Crippen molar-refractivity contribution in [1.82, 2.24) is 25.4 Å². The Labute approximate surface area is 224 Å². The molecule has 8 heteroatoms. The van der Waals surface area contributed by atoms with Crippen LogP contribution in [0.1, 0.15) is 43.0 Å². The molecule has 0 atom stereocenters. The zero-order chi connectivity index (χ0) is 26.5. The first-order chi connectivity index (χ1) is 18.5. The topological polar surface area (TPSA) is 88.9 Å². The first-order valence-electron chi connectivity index (χ1n) is 11.8. The van der Waals surface area contributed by atoms with Crippen LogP contribution < -0.4 is 10.9 Å². The monoisotopic (exact) mass is 519 g/mol. The van der Waals surface area contributed by atoms with E-state index in [0.29, 0.717) is 23.2 Å². The third-order valence-electron chi connectivity index (χ3n) is 5.96. The van der Waals surface area contributed by atoms with Gasteiger partial charge in [0.15, 0.2) is 0 Å². The molecule has 2 aromatic heterocycles. The van der Waals surface area contributed by atoms with E-state index in [1.807, 2.05) is 47.9 Å². The lowest BCUT2D eigenvalue weighted by Gasteiger charge is -2.13. The van der Waals surface area contributed by atoms with Crippen LogP contribution in [0.25, 0.3) is 10.9 Å². The van der Waals surface area contributed by atoms with E-state index >= 15 is 0 Å². The largest absolute Gasteiger partial charge is 0.333 e. The zero-order valence-electron chi connectivity index (χ0n) is 20.4. The molecule has 0 aliphatic carbocycles. The van der Waals surface area contributed by atoms with Gasteiger partial charge in [0.2, 0.25) is 0 Å². The van der Waals surface area contributed by atoms with Crippen molar-refractivity contribution in [3.05, 3.63) is 130 Å². The van der Waals surface area contributed by atoms with Crippen molar-refractivity contribution in [2.75, 3.05) is 0 Å². The molecule has 0 radical (unpaired) electrons. The highest BCUT2D eigenvalue weighted by atomic mass is 35.5. The lowest BCUT2D eigenvalue weighted by Crippen LogP contribution is -2.42. The van der Waals surface area contributed by atoms with Gasteiger partial charge in [-0.05, 0) is 48.4 Å². The highest BCUT2D eigenvalue weighted by Crippen LogP contribution is 2.21. The zero-order valence-corrected chi connectivity index (χ0v) is 21.2. The maximum atomic E-state index is 13.0. The van der Waals surface area contributed by atoms with Crippen LogP contribution in [0.5, 0.6) is 0 Å². The van der Waals surface area contributed by atoms with Crippen molar-refractivity contribution >= 4 is 34.3 Å². The van der Waals surface area contributed by atoms with Gasteiger partial charge in [-0.15, -0.1) is 0 Å². The van der Waals surface area contributed by atoms with E-state index < -0.39 is 11.8 Å². The molecule has 0 unspecified atom stereocenters. The summed E-state index contributed by atoms with van der Waals surface area (Å²) in [6.07, 6.45) is 6.83. The summed E-state index contributed by atoms with van der Waals surface area (Å²) < 4.78 is 1.82. The molecule has 0 saturated heterocycles. The third kappa shape index (κ3) is 5.56. The van der Waals surface area contributed by atoms with Gasteiger partial charge >= 0.3 is 0 Å². The molecule has 0 spiro atoms. The lowest BCUT2D eigenvalue weighted by molar-refractivity contribution is 0.0846. The smallest absolute Gasteiger partial charge is 0.271 e. The Morgan fingerprint density at radius 1 is 0.974 bits per heavy atom. The van der Waals surface area contributed by atoms with Gasteiger partial charge in [0.1, 0.15) is 0 Å². The summed E-state index contributed by atoms with van der Waals surface area (Å²) in [4.78, 5) is 34.3. The molecule has 186 valence electrons. The molecule has 2 N–H and O–H groups in total. The van der Waals surface area contributed by atoms with Gasteiger partial charge in [-0.3, -0.25) is 25.4 Å². The third-order valence-corrected chi connectivity index (χ3v) is 6.28. The highest BCUT2D eigenvalue weighted by Gasteiger charge is 2.17. The second-order valence-corrected chi connectivity index (χ2v) is 9.02. The fourth-order valence-electron chi connectivity index (χ4n) is 3.96. The number of amides is 2. The van der Waals surface area contributed by atoms with Crippen molar-refractivity contribution in [2.45, 2.75) is 13.5 Å². The maximum absolute atomic E-state index is 13.0. The first kappa shape index (κ1) is 24.8. The van der Waals surface area contributed by atoms with E-state index in [2.05, 4.69) is 32.7 Å². The molecule has 7 nitrogen and oxygen atoms in total. The number of hydrazine groups is 1. The van der Waals surface area contributed by atoms with Gasteiger partial charge in [-0.1, -0.05) is 59.8 Å². The molecule has 0 saturated carbocycles. The molecule has 0 bridgehead atoms. The SMILES string of the molecule is Cc1ccc(C(=O)NNC(=O)c2c(Cl)cccc2Cn2ccnc2)cc1C#Cc1cnc2ccccc2c1. The molecule has 0 aliphatic heterocycles. The fraction of sp³-hybridized carbons (Fsp3) is 0.0667. The van der Waals surface area contributed by atoms with Crippen LogP contribution >= 0.6 is 11.6 Å². The number of para-hydroxylation sites is 1. The second-order valence-electron chi connectivity index (χ2n) is 8.61. The van der Waals surface area contributed by atoms with Crippen molar-refractivity contribution in [3.8, 4) is 11.8 Å². The van der Waals surface area contributed by atoms with Crippen LogP contribution in [0, 0.1) is 18.8 Å². The summed E-state index contributed by atoms with van der Waals surface area (Å²) in [5.41, 5.74) is 9.58. The molecular formula is C30H22ClN5O2. The van der Waals surface area contributed by atoms with E-state index in [1.54, 1.807) is 55.2 Å². The number of nitrogens with zero attached hydrogens (tertiary/aromatic N) is 3. The molecule has 2 heterocycles. The molecule has 3 aromatic carbocycles. The van der Waals surface area contributed by atoms with E-state index in [4.69, 9.17) is 11.6 Å². The van der Waals surface area contributed by atoms with E-state index in [-0.39, 0.29) is 10.6 Å². The van der Waals surface area contributed by atoms with Gasteiger partial charge in [-0.25, -0.2) is 4.98 Å². The summed E-state index contributed by atoms with van der Waals surface area (Å²) in [5, 5.41) is 1.29. The molecular weight excluding hydrogens is 498 g/mol. The number of carbonyl (C=O) groups is 2. The Balaban J connectivity index is 1.30. The van der Waals surface area contributed by atoms with Gasteiger partial charge in [-0.2, -0.15) is 0 Å². The van der Waals surface area contributed by atoms with Gasteiger partial charge < -0.3 is 4.57 Å². The average molecular weight is 520 g/mol. The standard InChI is InChI=1S/C30H22ClN5O2/c1-20-9-11-24(16-22(20)12-10-21-15-23-5-2-3-8-27(23)33-17-21)29(37)34-35-30(38)28-25(6-4-7-26(28)31)18-36-14-13-32-19-36/h2-9,11,13-17,19H,18H2,1H3,(H,34,37)(H,35,38). The molecule has 2 amide bonds. The van der Waals surface area contributed by atoms with Crippen molar-refractivity contribution < 1.29 is 9.59 Å². The van der Waals surface area contributed by atoms with Crippen LogP contribution in [-0.2, 0) is 6.54 Å². The van der Waals surface area contributed by atoms with Gasteiger partial charge in [0.05, 0.1) is 22.4 Å². The number of hydrogen-bond donors (Lipinski definition) is 2. The first-order valence-corrected chi connectivity index (χ1v) is 12.2. The lowest BCUT2D eigenvalue weighted by atomic mass is 10.0. The van der Waals surface area contributed by atoms with Crippen LogP contribution in [0.2, 0.25) is 5.02 Å². The number of aromatic nitrogens is 3. The molecule has 5 rings (SSSR count). The summed E-state index contributed by atoms with van der Waals surface area (Å²) in [6.45, 7) is 2.33. The average Bonchev–Trinajstić information content (AvgIpc) is 3.44. The normalized spacial score (nSPS) is 10.5. The van der Waals surface area contributed by atoms with Crippen molar-refractivity contribution in [2.24, 2.45) is 0 Å². The van der Waals surface area contributed by atoms with E-state index in [9.17, 15) is 9.59 Å². The Morgan fingerprint density at radius 3 is 2.66 bits per heavy atom. The van der Waals surface area contributed by atoms with Gasteiger partial charge in [0, 0.05) is 47.2 Å². The number of rotatable bonds is 4. The maximum Gasteiger partial charge on any atom is 0.271 e. The predicted octanol–water partition coefficient (Wildman–Crippen LogP) is 4.92. The molecule has 38 heavy (non-hydrogen) atoms. The fourth-order valence-corrected chi connectivity index (χ4v) is 4.24. The number of benzene rings is 3. The number of imidazole rings is 1. The number of nitrogens with one attached hydrogen (secondary N) is 2. The summed E-state index contributed by atoms with van der Waals surface area (Å²) in [5.74, 6) is 5.27. The van der Waals surface area contributed by atoms with Crippen molar-refractivity contribution in [3.63, 3.8) is 0 Å². The predicted molar refractivity (Wildman–Crippen MR) is 147 cm³/mol. The Bertz CT molecular complexity index is 1720. The number of pyridine rings is 1. The quantitative estimate of drug-likeness (QED) is 0.261. The number of carbonyl (C=O) groups excluding carboxylic acids is 2. The number of aryl methyl sites for hydroxylation is 1. The molecule has 0 fully saturated rings. The number of fused-ring (bicyclic) bond motifs is 1. The minimum atomic E-state index is -0.519. The Morgan fingerprint density at radius 2 is 1.82 bits per heavy atom. The van der Waals surface area contributed by atoms with Crippen molar-refractivity contribution in [1.29, 1.82) is 0 Å². The van der Waals surface area contributed by atoms with E-state index in [1.165, 1.54) is 0 Å². The summed E-state index contributed by atoms with van der Waals surface area (Å²) in [6, 6.07) is 20.2.